The number of carbonyl (C=O) groups is 2. The van der Waals surface area contributed by atoms with Gasteiger partial charge in [0.1, 0.15) is 18.2 Å². The molecule has 2 N–H and O–H groups in total. The zero-order valence-corrected chi connectivity index (χ0v) is 14.8. The smallest absolute Gasteiger partial charge is 0.412 e. The van der Waals surface area contributed by atoms with Crippen LogP contribution in [0.2, 0.25) is 0 Å². The van der Waals surface area contributed by atoms with Gasteiger partial charge in [-0.05, 0) is 23.6 Å². The van der Waals surface area contributed by atoms with Crippen LogP contribution in [0.1, 0.15) is 17.5 Å². The van der Waals surface area contributed by atoms with Gasteiger partial charge in [0.25, 0.3) is 0 Å². The van der Waals surface area contributed by atoms with Crippen LogP contribution in [0.25, 0.3) is 5.57 Å². The molecule has 8 heteroatoms. The van der Waals surface area contributed by atoms with Gasteiger partial charge in [0.15, 0.2) is 0 Å². The van der Waals surface area contributed by atoms with Crippen LogP contribution in [0.5, 0.6) is 0 Å². The van der Waals surface area contributed by atoms with Gasteiger partial charge >= 0.3 is 12.2 Å². The van der Waals surface area contributed by atoms with Crippen LogP contribution in [-0.4, -0.2) is 35.3 Å². The molecule has 2 aromatic rings. The fourth-order valence-corrected chi connectivity index (χ4v) is 2.85. The fourth-order valence-electron chi connectivity index (χ4n) is 2.85. The number of nitrogens with zero attached hydrogens (tertiary/aromatic N) is 1. The minimum atomic E-state index is -1.06. The normalized spacial score (nSPS) is 13.6. The third kappa shape index (κ3) is 4.64. The lowest BCUT2D eigenvalue weighted by Gasteiger charge is -2.24. The van der Waals surface area contributed by atoms with Gasteiger partial charge in [0, 0.05) is 24.7 Å². The van der Waals surface area contributed by atoms with Crippen LogP contribution in [0, 0.1) is 11.6 Å². The van der Waals surface area contributed by atoms with E-state index in [0.29, 0.717) is 11.6 Å². The van der Waals surface area contributed by atoms with E-state index in [4.69, 9.17) is 9.84 Å². The van der Waals surface area contributed by atoms with E-state index in [1.54, 1.807) is 30.3 Å². The van der Waals surface area contributed by atoms with Gasteiger partial charge in [-0.15, -0.1) is 0 Å². The highest BCUT2D eigenvalue weighted by Gasteiger charge is 2.20. The molecule has 0 radical (unpaired) electrons. The first kappa shape index (κ1) is 19.3. The molecule has 0 unspecified atom stereocenters. The molecule has 28 heavy (non-hydrogen) atoms. The number of ether oxygens (including phenoxy) is 1. The van der Waals surface area contributed by atoms with Crippen LogP contribution < -0.4 is 5.32 Å². The maximum atomic E-state index is 14.2. The number of benzene rings is 2. The van der Waals surface area contributed by atoms with Crippen LogP contribution in [0.15, 0.2) is 48.5 Å². The molecule has 0 atom stereocenters. The summed E-state index contributed by atoms with van der Waals surface area (Å²) in [5.74, 6) is -1.71. The monoisotopic (exact) mass is 388 g/mol. The number of amides is 2. The standard InChI is InChI=1S/C20H18F2N2O4/c21-16-11-17(22)18(23-19(25)28-12-13-4-2-1-3-5-13)10-15(16)14-6-8-24(9-7-14)20(26)27/h1-6,10-11H,7-9,12H2,(H,23,25)(H,26,27). The maximum absolute atomic E-state index is 14.2. The first-order valence-electron chi connectivity index (χ1n) is 8.58. The molecule has 0 fully saturated rings. The Kier molecular flexibility index (Phi) is 5.88. The molecule has 0 bridgehead atoms. The average molecular weight is 388 g/mol. The summed E-state index contributed by atoms with van der Waals surface area (Å²) in [6.07, 6.45) is -0.0635. The zero-order chi connectivity index (χ0) is 20.1. The largest absolute Gasteiger partial charge is 0.465 e. The van der Waals surface area contributed by atoms with Crippen molar-refractivity contribution in [2.24, 2.45) is 0 Å². The summed E-state index contributed by atoms with van der Waals surface area (Å²) in [5, 5.41) is 11.3. The summed E-state index contributed by atoms with van der Waals surface area (Å²) >= 11 is 0. The number of carbonyl (C=O) groups excluding carboxylic acids is 1. The van der Waals surface area contributed by atoms with Crippen molar-refractivity contribution in [3.8, 4) is 0 Å². The summed E-state index contributed by atoms with van der Waals surface area (Å²) in [7, 11) is 0. The van der Waals surface area contributed by atoms with Crippen molar-refractivity contribution in [3.05, 3.63) is 71.3 Å². The highest BCUT2D eigenvalue weighted by molar-refractivity contribution is 5.86. The van der Waals surface area contributed by atoms with Gasteiger partial charge in [-0.1, -0.05) is 36.4 Å². The Morgan fingerprint density at radius 1 is 1.14 bits per heavy atom. The third-order valence-electron chi connectivity index (χ3n) is 4.33. The van der Waals surface area contributed by atoms with Gasteiger partial charge in [-0.3, -0.25) is 5.32 Å². The predicted octanol–water partition coefficient (Wildman–Crippen LogP) is 4.48. The van der Waals surface area contributed by atoms with Crippen molar-refractivity contribution in [1.82, 2.24) is 4.90 Å². The number of carboxylic acid groups (broad SMARTS) is 1. The highest BCUT2D eigenvalue weighted by atomic mass is 19.1. The lowest BCUT2D eigenvalue weighted by atomic mass is 9.98. The first-order valence-corrected chi connectivity index (χ1v) is 8.58. The summed E-state index contributed by atoms with van der Waals surface area (Å²) in [6, 6.07) is 10.9. The Morgan fingerprint density at radius 2 is 1.89 bits per heavy atom. The molecule has 6 nitrogen and oxygen atoms in total. The summed E-state index contributed by atoms with van der Waals surface area (Å²) in [5.41, 5.74) is 1.23. The Balaban J connectivity index is 1.71. The molecule has 0 spiro atoms. The Hall–Kier alpha value is -3.42. The van der Waals surface area contributed by atoms with Gasteiger partial charge in [0.2, 0.25) is 0 Å². The molecule has 0 saturated carbocycles. The molecule has 2 aromatic carbocycles. The van der Waals surface area contributed by atoms with Crippen molar-refractivity contribution in [3.63, 3.8) is 0 Å². The van der Waals surface area contributed by atoms with Crippen LogP contribution >= 0.6 is 0 Å². The van der Waals surface area contributed by atoms with E-state index in [0.717, 1.165) is 5.56 Å². The van der Waals surface area contributed by atoms with E-state index in [9.17, 15) is 18.4 Å². The van der Waals surface area contributed by atoms with E-state index < -0.39 is 23.8 Å². The molecule has 3 rings (SSSR count). The second-order valence-electron chi connectivity index (χ2n) is 6.21. The predicted molar refractivity (Wildman–Crippen MR) is 98.8 cm³/mol. The Morgan fingerprint density at radius 3 is 2.54 bits per heavy atom. The lowest BCUT2D eigenvalue weighted by Crippen LogP contribution is -2.33. The second-order valence-corrected chi connectivity index (χ2v) is 6.21. The summed E-state index contributed by atoms with van der Waals surface area (Å²) < 4.78 is 33.3. The Bertz CT molecular complexity index is 916. The summed E-state index contributed by atoms with van der Waals surface area (Å²) in [4.78, 5) is 24.1. The van der Waals surface area contributed by atoms with Gasteiger partial charge in [0.05, 0.1) is 5.69 Å². The molecular formula is C20H18F2N2O4. The number of halogens is 2. The molecule has 1 aliphatic heterocycles. The van der Waals surface area contributed by atoms with Crippen molar-refractivity contribution >= 4 is 23.4 Å². The van der Waals surface area contributed by atoms with Crippen molar-refractivity contribution in [2.45, 2.75) is 13.0 Å². The minimum Gasteiger partial charge on any atom is -0.465 e. The Labute approximate surface area is 160 Å². The number of nitrogens with one attached hydrogen (secondary N) is 1. The van der Waals surface area contributed by atoms with Crippen LogP contribution in [0.4, 0.5) is 24.1 Å². The number of anilines is 1. The topological polar surface area (TPSA) is 78.9 Å². The molecule has 0 saturated heterocycles. The maximum Gasteiger partial charge on any atom is 0.412 e. The van der Waals surface area contributed by atoms with Gasteiger partial charge in [-0.25, -0.2) is 18.4 Å². The van der Waals surface area contributed by atoms with E-state index >= 15 is 0 Å². The van der Waals surface area contributed by atoms with Gasteiger partial charge in [-0.2, -0.15) is 0 Å². The number of hydrogen-bond acceptors (Lipinski definition) is 3. The van der Waals surface area contributed by atoms with E-state index in [1.165, 1.54) is 11.0 Å². The minimum absolute atomic E-state index is 0.0124. The number of hydrogen-bond donors (Lipinski definition) is 2. The molecule has 2 amide bonds. The SMILES string of the molecule is O=C(Nc1cc(C2=CCN(C(=O)O)CC2)c(F)cc1F)OCc1ccccc1. The van der Waals surface area contributed by atoms with E-state index in [2.05, 4.69) is 5.32 Å². The quantitative estimate of drug-likeness (QED) is 0.809. The number of rotatable bonds is 4. The molecule has 1 heterocycles. The lowest BCUT2D eigenvalue weighted by molar-refractivity contribution is 0.150. The summed E-state index contributed by atoms with van der Waals surface area (Å²) in [6.45, 7) is 0.335. The van der Waals surface area contributed by atoms with E-state index in [-0.39, 0.29) is 37.4 Å². The third-order valence-corrected chi connectivity index (χ3v) is 4.33. The van der Waals surface area contributed by atoms with Crippen LogP contribution in [-0.2, 0) is 11.3 Å². The highest BCUT2D eigenvalue weighted by Crippen LogP contribution is 2.29. The first-order chi connectivity index (χ1) is 13.4. The molecule has 1 aliphatic rings. The van der Waals surface area contributed by atoms with Crippen molar-refractivity contribution in [2.75, 3.05) is 18.4 Å². The molecule has 0 aliphatic carbocycles. The van der Waals surface area contributed by atoms with Crippen molar-refractivity contribution in [1.29, 1.82) is 0 Å². The van der Waals surface area contributed by atoms with E-state index in [1.807, 2.05) is 6.07 Å². The van der Waals surface area contributed by atoms with Gasteiger partial charge < -0.3 is 14.7 Å². The van der Waals surface area contributed by atoms with Crippen molar-refractivity contribution < 1.29 is 28.2 Å². The van der Waals surface area contributed by atoms with Crippen LogP contribution in [0.3, 0.4) is 0 Å². The molecular weight excluding hydrogens is 370 g/mol. The fraction of sp³-hybridized carbons (Fsp3) is 0.200. The zero-order valence-electron chi connectivity index (χ0n) is 14.8. The average Bonchev–Trinajstić information content (AvgIpc) is 2.69. The molecule has 0 aromatic heterocycles. The second kappa shape index (κ2) is 8.51. The molecule has 146 valence electrons.